The standard InChI is InChI=1S/C12H24N2O2Se/c1-7-15-8-2-13(1)5-11-17-12-6-14-3-9-16-10-4-14/h1-12H2/i17-4. The molecule has 0 saturated carbocycles. The summed E-state index contributed by atoms with van der Waals surface area (Å²) in [5, 5.41) is 2.80. The molecule has 0 aromatic carbocycles. The molecule has 2 fully saturated rings. The summed E-state index contributed by atoms with van der Waals surface area (Å²) in [4.78, 5) is 5.08. The second-order valence-electron chi connectivity index (χ2n) is 4.52. The summed E-state index contributed by atoms with van der Waals surface area (Å²) in [5.41, 5.74) is 0. The molecule has 2 saturated heterocycles. The van der Waals surface area contributed by atoms with Gasteiger partial charge in [0.1, 0.15) is 0 Å². The van der Waals surface area contributed by atoms with Crippen LogP contribution in [0.15, 0.2) is 0 Å². The SMILES string of the molecule is C1CN(CC[75Se]CCN2CCOCC2)CCO1. The molecule has 2 heterocycles. The third-order valence-corrected chi connectivity index (χ3v) is 5.29. The Labute approximate surface area is 111 Å². The van der Waals surface area contributed by atoms with Crippen molar-refractivity contribution in [1.29, 1.82) is 0 Å². The molecule has 0 radical (unpaired) electrons. The van der Waals surface area contributed by atoms with Crippen LogP contribution < -0.4 is 0 Å². The number of ether oxygens (including phenoxy) is 2. The van der Waals surface area contributed by atoms with Gasteiger partial charge < -0.3 is 0 Å². The van der Waals surface area contributed by atoms with E-state index in [1.807, 2.05) is 0 Å². The van der Waals surface area contributed by atoms with Crippen LogP contribution in [0.1, 0.15) is 0 Å². The van der Waals surface area contributed by atoms with E-state index in [0.717, 1.165) is 67.6 Å². The van der Waals surface area contributed by atoms with Gasteiger partial charge in [0.05, 0.1) is 0 Å². The van der Waals surface area contributed by atoms with Crippen LogP contribution in [0.25, 0.3) is 0 Å². The second-order valence-corrected chi connectivity index (χ2v) is 7.09. The van der Waals surface area contributed by atoms with Crippen LogP contribution in [0.4, 0.5) is 0 Å². The van der Waals surface area contributed by atoms with Gasteiger partial charge in [0, 0.05) is 0 Å². The number of hydrogen-bond acceptors (Lipinski definition) is 4. The van der Waals surface area contributed by atoms with Crippen LogP contribution in [0.5, 0.6) is 0 Å². The molecule has 100 valence electrons. The van der Waals surface area contributed by atoms with Crippen molar-refractivity contribution >= 4 is 15.0 Å². The fourth-order valence-electron chi connectivity index (χ4n) is 2.14. The van der Waals surface area contributed by atoms with Gasteiger partial charge in [0.2, 0.25) is 0 Å². The fraction of sp³-hybridized carbons (Fsp3) is 1.00. The maximum atomic E-state index is 5.35. The van der Waals surface area contributed by atoms with E-state index in [2.05, 4.69) is 9.80 Å². The third kappa shape index (κ3) is 5.68. The first-order valence-corrected chi connectivity index (χ1v) is 9.05. The average Bonchev–Trinajstić information content (AvgIpc) is 2.41. The molecule has 2 rings (SSSR count). The number of nitrogens with zero attached hydrogens (tertiary/aromatic N) is 2. The van der Waals surface area contributed by atoms with Gasteiger partial charge in [-0.1, -0.05) is 0 Å². The summed E-state index contributed by atoms with van der Waals surface area (Å²) < 4.78 is 10.7. The minimum atomic E-state index is 0.816. The Hall–Kier alpha value is 0.359. The van der Waals surface area contributed by atoms with E-state index in [9.17, 15) is 0 Å². The summed E-state index contributed by atoms with van der Waals surface area (Å²) in [6.07, 6.45) is 0. The molecular weight excluding hydrogens is 279 g/mol. The predicted molar refractivity (Wildman–Crippen MR) is 69.9 cm³/mol. The van der Waals surface area contributed by atoms with E-state index in [1.165, 1.54) is 23.7 Å². The van der Waals surface area contributed by atoms with E-state index >= 15 is 0 Å². The molecule has 0 spiro atoms. The normalized spacial score (nSPS) is 24.0. The van der Waals surface area contributed by atoms with Gasteiger partial charge in [-0.25, -0.2) is 0 Å². The molecule has 0 aliphatic carbocycles. The first-order valence-electron chi connectivity index (χ1n) is 6.63. The molecule has 0 atom stereocenters. The number of morpholine rings is 2. The zero-order chi connectivity index (χ0) is 11.8. The van der Waals surface area contributed by atoms with Gasteiger partial charge >= 0.3 is 111 Å². The molecule has 0 bridgehead atoms. The van der Waals surface area contributed by atoms with Gasteiger partial charge in [0.15, 0.2) is 0 Å². The number of rotatable bonds is 6. The van der Waals surface area contributed by atoms with Crippen molar-refractivity contribution in [1.82, 2.24) is 9.80 Å². The van der Waals surface area contributed by atoms with Crippen molar-refractivity contribution in [3.05, 3.63) is 0 Å². The summed E-state index contributed by atoms with van der Waals surface area (Å²) in [6.45, 7) is 10.8. The quantitative estimate of drug-likeness (QED) is 0.517. The Morgan fingerprint density at radius 1 is 0.706 bits per heavy atom. The molecular formula is C12H24N2O2Se. The second kappa shape index (κ2) is 8.46. The van der Waals surface area contributed by atoms with Crippen molar-refractivity contribution < 1.29 is 9.47 Å². The molecule has 2 aliphatic heterocycles. The van der Waals surface area contributed by atoms with Gasteiger partial charge in [-0.05, 0) is 0 Å². The summed E-state index contributed by atoms with van der Waals surface area (Å²) in [6, 6.07) is 0. The van der Waals surface area contributed by atoms with Crippen LogP contribution in [-0.4, -0.2) is 90.5 Å². The fourth-order valence-corrected chi connectivity index (χ4v) is 4.19. The Kier molecular flexibility index (Phi) is 6.86. The van der Waals surface area contributed by atoms with Crippen LogP contribution in [0.3, 0.4) is 0 Å². The molecule has 2 aliphatic rings. The Morgan fingerprint density at radius 2 is 1.12 bits per heavy atom. The van der Waals surface area contributed by atoms with Crippen LogP contribution in [0, 0.1) is 0 Å². The van der Waals surface area contributed by atoms with E-state index in [1.54, 1.807) is 0 Å². The molecule has 4 nitrogen and oxygen atoms in total. The molecule has 0 N–H and O–H groups in total. The third-order valence-electron chi connectivity index (χ3n) is 3.31. The molecule has 5 heteroatoms. The van der Waals surface area contributed by atoms with E-state index in [4.69, 9.17) is 9.47 Å². The van der Waals surface area contributed by atoms with Crippen LogP contribution >= 0.6 is 0 Å². The van der Waals surface area contributed by atoms with Crippen molar-refractivity contribution in [2.45, 2.75) is 10.6 Å². The zero-order valence-electron chi connectivity index (χ0n) is 10.6. The molecule has 0 unspecified atom stereocenters. The first kappa shape index (κ1) is 13.8. The zero-order valence-corrected chi connectivity index (χ0v) is 12.3. The monoisotopic (exact) mass is 303 g/mol. The molecule has 17 heavy (non-hydrogen) atoms. The van der Waals surface area contributed by atoms with Gasteiger partial charge in [-0.2, -0.15) is 0 Å². The summed E-state index contributed by atoms with van der Waals surface area (Å²) in [5.74, 6) is 0. The summed E-state index contributed by atoms with van der Waals surface area (Å²) in [7, 11) is 0. The van der Waals surface area contributed by atoms with E-state index in [-0.39, 0.29) is 0 Å². The number of hydrogen-bond donors (Lipinski definition) is 0. The van der Waals surface area contributed by atoms with Crippen LogP contribution in [0.2, 0.25) is 10.6 Å². The predicted octanol–water partition coefficient (Wildman–Crippen LogP) is 0.192. The van der Waals surface area contributed by atoms with E-state index in [0.29, 0.717) is 0 Å². The van der Waals surface area contributed by atoms with Crippen molar-refractivity contribution in [2.75, 3.05) is 65.7 Å². The van der Waals surface area contributed by atoms with Crippen molar-refractivity contribution in [2.24, 2.45) is 0 Å². The first-order chi connectivity index (χ1) is 8.45. The van der Waals surface area contributed by atoms with Gasteiger partial charge in [0.25, 0.3) is 0 Å². The van der Waals surface area contributed by atoms with E-state index < -0.39 is 0 Å². The van der Waals surface area contributed by atoms with Gasteiger partial charge in [-0.3, -0.25) is 0 Å². The Bertz CT molecular complexity index is 175. The molecule has 0 amide bonds. The topological polar surface area (TPSA) is 24.9 Å². The Morgan fingerprint density at radius 3 is 1.53 bits per heavy atom. The average molecular weight is 303 g/mol. The minimum absolute atomic E-state index is 0.816. The Balaban J connectivity index is 1.42. The molecule has 0 aromatic heterocycles. The van der Waals surface area contributed by atoms with Crippen LogP contribution in [-0.2, 0) is 9.47 Å². The van der Waals surface area contributed by atoms with Gasteiger partial charge in [-0.15, -0.1) is 0 Å². The molecule has 0 aromatic rings. The van der Waals surface area contributed by atoms with Crippen molar-refractivity contribution in [3.63, 3.8) is 0 Å². The van der Waals surface area contributed by atoms with Crippen molar-refractivity contribution in [3.8, 4) is 0 Å². The maximum absolute atomic E-state index is 5.35. The summed E-state index contributed by atoms with van der Waals surface area (Å²) >= 11 is 0.816.